The first-order valence-electron chi connectivity index (χ1n) is 5.65. The van der Waals surface area contributed by atoms with E-state index in [0.717, 1.165) is 32.9 Å². The lowest BCUT2D eigenvalue weighted by atomic mass is 10.2. The van der Waals surface area contributed by atoms with Gasteiger partial charge < -0.3 is 10.5 Å². The average molecular weight is 310 g/mol. The summed E-state index contributed by atoms with van der Waals surface area (Å²) in [6.07, 6.45) is 0. The van der Waals surface area contributed by atoms with Gasteiger partial charge in [-0.25, -0.2) is 0 Å². The van der Waals surface area contributed by atoms with Gasteiger partial charge in [-0.2, -0.15) is 5.10 Å². The minimum absolute atomic E-state index is 0.645. The lowest BCUT2D eigenvalue weighted by Crippen LogP contribution is -2.06. The van der Waals surface area contributed by atoms with Crippen molar-refractivity contribution in [3.63, 3.8) is 0 Å². The first kappa shape index (κ1) is 13.0. The fourth-order valence-corrected chi connectivity index (χ4v) is 2.31. The van der Waals surface area contributed by atoms with Crippen LogP contribution in [0.15, 0.2) is 22.7 Å². The van der Waals surface area contributed by atoms with Crippen LogP contribution in [0.4, 0.5) is 5.69 Å². The molecule has 0 fully saturated rings. The molecule has 0 aliphatic heterocycles. The summed E-state index contributed by atoms with van der Waals surface area (Å²) in [5.74, 6) is 0.851. The Kier molecular flexibility index (Phi) is 3.61. The number of hydrogen-bond acceptors (Lipinski definition) is 3. The highest BCUT2D eigenvalue weighted by Crippen LogP contribution is 2.25. The number of nitrogens with zero attached hydrogens (tertiary/aromatic N) is 2. The molecule has 1 heterocycles. The molecule has 0 bridgehead atoms. The Morgan fingerprint density at radius 1 is 1.39 bits per heavy atom. The second kappa shape index (κ2) is 5.02. The van der Waals surface area contributed by atoms with Crippen molar-refractivity contribution in [1.29, 1.82) is 0 Å². The standard InChI is InChI=1S/C13H16BrN3O/c1-8-13(15)9(2)17(16-8)7-10-6-11(14)4-5-12(10)18-3/h4-6H,7,15H2,1-3H3. The van der Waals surface area contributed by atoms with Crippen molar-refractivity contribution in [3.8, 4) is 5.75 Å². The molecule has 0 amide bonds. The molecule has 0 aliphatic rings. The van der Waals surface area contributed by atoms with E-state index in [1.165, 1.54) is 0 Å². The van der Waals surface area contributed by atoms with Crippen molar-refractivity contribution in [3.05, 3.63) is 39.6 Å². The molecule has 2 N–H and O–H groups in total. The molecule has 1 aromatic carbocycles. The topological polar surface area (TPSA) is 53.1 Å². The predicted octanol–water partition coefficient (Wildman–Crippen LogP) is 2.90. The number of rotatable bonds is 3. The highest BCUT2D eigenvalue weighted by Gasteiger charge is 2.11. The summed E-state index contributed by atoms with van der Waals surface area (Å²) in [5, 5.41) is 4.43. The van der Waals surface area contributed by atoms with Crippen LogP contribution in [-0.4, -0.2) is 16.9 Å². The highest BCUT2D eigenvalue weighted by atomic mass is 79.9. The molecule has 0 radical (unpaired) electrons. The van der Waals surface area contributed by atoms with Gasteiger partial charge in [0.05, 0.1) is 30.7 Å². The minimum atomic E-state index is 0.645. The van der Waals surface area contributed by atoms with Crippen molar-refractivity contribution in [2.45, 2.75) is 20.4 Å². The van der Waals surface area contributed by atoms with E-state index in [-0.39, 0.29) is 0 Å². The van der Waals surface area contributed by atoms with Crippen molar-refractivity contribution in [2.24, 2.45) is 0 Å². The van der Waals surface area contributed by atoms with Gasteiger partial charge in [-0.05, 0) is 32.0 Å². The van der Waals surface area contributed by atoms with E-state index in [4.69, 9.17) is 10.5 Å². The molecular formula is C13H16BrN3O. The van der Waals surface area contributed by atoms with Gasteiger partial charge in [-0.1, -0.05) is 15.9 Å². The normalized spacial score (nSPS) is 10.7. The van der Waals surface area contributed by atoms with E-state index in [9.17, 15) is 0 Å². The number of aryl methyl sites for hydroxylation is 1. The molecular weight excluding hydrogens is 294 g/mol. The zero-order chi connectivity index (χ0) is 13.3. The number of ether oxygens (including phenoxy) is 1. The Bertz CT molecular complexity index is 578. The van der Waals surface area contributed by atoms with Crippen molar-refractivity contribution < 1.29 is 4.74 Å². The first-order valence-corrected chi connectivity index (χ1v) is 6.44. The molecule has 96 valence electrons. The van der Waals surface area contributed by atoms with Crippen LogP contribution in [0.1, 0.15) is 17.0 Å². The molecule has 4 nitrogen and oxygen atoms in total. The van der Waals surface area contributed by atoms with Crippen molar-refractivity contribution in [1.82, 2.24) is 9.78 Å². The molecule has 0 saturated heterocycles. The molecule has 18 heavy (non-hydrogen) atoms. The van der Waals surface area contributed by atoms with Gasteiger partial charge in [0, 0.05) is 10.0 Å². The average Bonchev–Trinajstić information content (AvgIpc) is 2.57. The zero-order valence-corrected chi connectivity index (χ0v) is 12.3. The maximum absolute atomic E-state index is 5.93. The summed E-state index contributed by atoms with van der Waals surface area (Å²) in [6.45, 7) is 4.53. The number of hydrogen-bond donors (Lipinski definition) is 1. The van der Waals surface area contributed by atoms with Crippen molar-refractivity contribution in [2.75, 3.05) is 12.8 Å². The third-order valence-corrected chi connectivity index (χ3v) is 3.49. The van der Waals surface area contributed by atoms with Crippen LogP contribution in [0.25, 0.3) is 0 Å². The Morgan fingerprint density at radius 3 is 2.67 bits per heavy atom. The number of anilines is 1. The molecule has 0 unspecified atom stereocenters. The summed E-state index contributed by atoms with van der Waals surface area (Å²) in [4.78, 5) is 0. The third kappa shape index (κ3) is 2.36. The van der Waals surface area contributed by atoms with Gasteiger partial charge in [0.15, 0.2) is 0 Å². The Balaban J connectivity index is 2.39. The van der Waals surface area contributed by atoms with Crippen LogP contribution < -0.4 is 10.5 Å². The molecule has 0 saturated carbocycles. The first-order chi connectivity index (χ1) is 8.52. The largest absolute Gasteiger partial charge is 0.496 e. The monoisotopic (exact) mass is 309 g/mol. The van der Waals surface area contributed by atoms with Gasteiger partial charge in [0.1, 0.15) is 5.75 Å². The molecule has 0 spiro atoms. The second-order valence-electron chi connectivity index (χ2n) is 4.20. The van der Waals surface area contributed by atoms with E-state index in [1.807, 2.05) is 36.7 Å². The fourth-order valence-electron chi connectivity index (χ4n) is 1.90. The quantitative estimate of drug-likeness (QED) is 0.948. The second-order valence-corrected chi connectivity index (χ2v) is 5.11. The molecule has 2 aromatic rings. The maximum Gasteiger partial charge on any atom is 0.124 e. The summed E-state index contributed by atoms with van der Waals surface area (Å²) < 4.78 is 8.28. The molecule has 5 heteroatoms. The van der Waals surface area contributed by atoms with Crippen LogP contribution in [-0.2, 0) is 6.54 Å². The number of halogens is 1. The van der Waals surface area contributed by atoms with Crippen LogP contribution >= 0.6 is 15.9 Å². The van der Waals surface area contributed by atoms with Crippen LogP contribution in [0, 0.1) is 13.8 Å². The SMILES string of the molecule is COc1ccc(Br)cc1Cn1nc(C)c(N)c1C. The number of benzene rings is 1. The maximum atomic E-state index is 5.93. The molecule has 0 atom stereocenters. The van der Waals surface area contributed by atoms with E-state index in [0.29, 0.717) is 6.54 Å². The number of aromatic nitrogens is 2. The minimum Gasteiger partial charge on any atom is -0.496 e. The van der Waals surface area contributed by atoms with Gasteiger partial charge in [0.25, 0.3) is 0 Å². The summed E-state index contributed by atoms with van der Waals surface area (Å²) in [6, 6.07) is 5.93. The summed E-state index contributed by atoms with van der Waals surface area (Å²) in [7, 11) is 1.67. The predicted molar refractivity (Wildman–Crippen MR) is 75.9 cm³/mol. The third-order valence-electron chi connectivity index (χ3n) is 3.00. The van der Waals surface area contributed by atoms with Crippen LogP contribution in [0.5, 0.6) is 5.75 Å². The Hall–Kier alpha value is -1.49. The number of methoxy groups -OCH3 is 1. The highest BCUT2D eigenvalue weighted by molar-refractivity contribution is 9.10. The molecule has 2 rings (SSSR count). The smallest absolute Gasteiger partial charge is 0.124 e. The lowest BCUT2D eigenvalue weighted by molar-refractivity contribution is 0.407. The number of nitrogen functional groups attached to an aromatic ring is 1. The van der Waals surface area contributed by atoms with Crippen LogP contribution in [0.3, 0.4) is 0 Å². The summed E-state index contributed by atoms with van der Waals surface area (Å²) >= 11 is 3.47. The van der Waals surface area contributed by atoms with E-state index >= 15 is 0 Å². The zero-order valence-electron chi connectivity index (χ0n) is 10.7. The fraction of sp³-hybridized carbons (Fsp3) is 0.308. The molecule has 1 aromatic heterocycles. The van der Waals surface area contributed by atoms with E-state index in [2.05, 4.69) is 21.0 Å². The van der Waals surface area contributed by atoms with Crippen LogP contribution in [0.2, 0.25) is 0 Å². The lowest BCUT2D eigenvalue weighted by Gasteiger charge is -2.10. The van der Waals surface area contributed by atoms with Gasteiger partial charge in [-0.3, -0.25) is 4.68 Å². The van der Waals surface area contributed by atoms with Crippen molar-refractivity contribution >= 4 is 21.6 Å². The van der Waals surface area contributed by atoms with Gasteiger partial charge in [0.2, 0.25) is 0 Å². The van der Waals surface area contributed by atoms with E-state index < -0.39 is 0 Å². The Morgan fingerprint density at radius 2 is 2.11 bits per heavy atom. The summed E-state index contributed by atoms with van der Waals surface area (Å²) in [5.41, 5.74) is 9.60. The number of nitrogens with two attached hydrogens (primary N) is 1. The molecule has 0 aliphatic carbocycles. The van der Waals surface area contributed by atoms with E-state index in [1.54, 1.807) is 7.11 Å². The van der Waals surface area contributed by atoms with Gasteiger partial charge >= 0.3 is 0 Å². The Labute approximate surface area is 115 Å². The van der Waals surface area contributed by atoms with Gasteiger partial charge in [-0.15, -0.1) is 0 Å².